The topological polar surface area (TPSA) is 61.4 Å². The Morgan fingerprint density at radius 2 is 1.71 bits per heavy atom. The molecule has 21 heavy (non-hydrogen) atoms. The quantitative estimate of drug-likeness (QED) is 0.804. The van der Waals surface area contributed by atoms with Crippen molar-refractivity contribution in [2.45, 2.75) is 38.5 Å². The zero-order valence-corrected chi connectivity index (χ0v) is 12.8. The summed E-state index contributed by atoms with van der Waals surface area (Å²) >= 11 is 0. The third-order valence-electron chi connectivity index (χ3n) is 5.38. The van der Waals surface area contributed by atoms with Crippen LogP contribution in [0.15, 0.2) is 0 Å². The van der Waals surface area contributed by atoms with E-state index in [1.807, 2.05) is 4.90 Å². The Bertz CT molecular complexity index is 381. The molecule has 0 aromatic carbocycles. The van der Waals surface area contributed by atoms with Crippen molar-refractivity contribution >= 4 is 11.8 Å². The van der Waals surface area contributed by atoms with Crippen LogP contribution in [-0.4, -0.2) is 49.4 Å². The number of nitrogens with zero attached hydrogens (tertiary/aromatic N) is 1. The lowest BCUT2D eigenvalue weighted by molar-refractivity contribution is -0.132. The van der Waals surface area contributed by atoms with E-state index in [2.05, 4.69) is 10.6 Å². The molecule has 0 spiro atoms. The summed E-state index contributed by atoms with van der Waals surface area (Å²) in [5.74, 6) is 1.91. The van der Waals surface area contributed by atoms with E-state index in [9.17, 15) is 9.59 Å². The first-order valence-corrected chi connectivity index (χ1v) is 8.47. The van der Waals surface area contributed by atoms with E-state index >= 15 is 0 Å². The van der Waals surface area contributed by atoms with Gasteiger partial charge < -0.3 is 15.5 Å². The Labute approximate surface area is 126 Å². The molecule has 2 heterocycles. The van der Waals surface area contributed by atoms with Gasteiger partial charge in [-0.25, -0.2) is 0 Å². The van der Waals surface area contributed by atoms with Gasteiger partial charge in [0.2, 0.25) is 11.8 Å². The highest BCUT2D eigenvalue weighted by atomic mass is 16.2. The summed E-state index contributed by atoms with van der Waals surface area (Å²) in [6, 6.07) is 0. The van der Waals surface area contributed by atoms with E-state index in [4.69, 9.17) is 0 Å². The van der Waals surface area contributed by atoms with Gasteiger partial charge in [0.1, 0.15) is 0 Å². The number of carbonyl (C=O) groups is 2. The van der Waals surface area contributed by atoms with Crippen molar-refractivity contribution in [3.63, 3.8) is 0 Å². The molecule has 3 aliphatic rings. The molecule has 0 aromatic heterocycles. The molecule has 5 heteroatoms. The van der Waals surface area contributed by atoms with Crippen molar-refractivity contribution in [2.24, 2.45) is 17.8 Å². The van der Waals surface area contributed by atoms with Crippen molar-refractivity contribution in [3.05, 3.63) is 0 Å². The summed E-state index contributed by atoms with van der Waals surface area (Å²) < 4.78 is 0. The molecule has 0 aromatic rings. The molecule has 5 nitrogen and oxygen atoms in total. The minimum Gasteiger partial charge on any atom is -0.347 e. The maximum Gasteiger partial charge on any atom is 0.241 e. The van der Waals surface area contributed by atoms with Gasteiger partial charge in [0.25, 0.3) is 0 Å². The van der Waals surface area contributed by atoms with Gasteiger partial charge in [-0.05, 0) is 30.6 Å². The van der Waals surface area contributed by atoms with Crippen LogP contribution in [0.2, 0.25) is 0 Å². The van der Waals surface area contributed by atoms with Crippen molar-refractivity contribution < 1.29 is 9.59 Å². The van der Waals surface area contributed by atoms with E-state index in [1.165, 1.54) is 32.1 Å². The summed E-state index contributed by atoms with van der Waals surface area (Å²) in [6.45, 7) is 3.95. The van der Waals surface area contributed by atoms with Gasteiger partial charge in [0.15, 0.2) is 0 Å². The van der Waals surface area contributed by atoms with Crippen LogP contribution in [0.3, 0.4) is 0 Å². The third kappa shape index (κ3) is 3.76. The fourth-order valence-corrected chi connectivity index (χ4v) is 4.07. The Morgan fingerprint density at radius 3 is 2.38 bits per heavy atom. The van der Waals surface area contributed by atoms with E-state index in [0.717, 1.165) is 26.2 Å². The Hall–Kier alpha value is -1.10. The average molecular weight is 293 g/mol. The van der Waals surface area contributed by atoms with Crippen molar-refractivity contribution in [1.29, 1.82) is 0 Å². The molecule has 3 fully saturated rings. The van der Waals surface area contributed by atoms with Gasteiger partial charge in [0, 0.05) is 32.6 Å². The smallest absolute Gasteiger partial charge is 0.241 e. The van der Waals surface area contributed by atoms with Crippen LogP contribution >= 0.6 is 0 Å². The molecule has 0 bridgehead atoms. The third-order valence-corrected chi connectivity index (χ3v) is 5.38. The fourth-order valence-electron chi connectivity index (χ4n) is 4.07. The Kier molecular flexibility index (Phi) is 4.78. The fraction of sp³-hybridized carbons (Fsp3) is 0.875. The van der Waals surface area contributed by atoms with Crippen LogP contribution < -0.4 is 10.6 Å². The highest BCUT2D eigenvalue weighted by Gasteiger charge is 2.37. The van der Waals surface area contributed by atoms with Crippen LogP contribution in [0.1, 0.15) is 38.5 Å². The number of likely N-dealkylation sites (tertiary alicyclic amines) is 1. The van der Waals surface area contributed by atoms with Crippen LogP contribution in [0.25, 0.3) is 0 Å². The van der Waals surface area contributed by atoms with Gasteiger partial charge in [0.05, 0.1) is 6.54 Å². The lowest BCUT2D eigenvalue weighted by Crippen LogP contribution is -2.40. The largest absolute Gasteiger partial charge is 0.347 e. The van der Waals surface area contributed by atoms with Crippen molar-refractivity contribution in [2.75, 3.05) is 32.7 Å². The number of fused-ring (bicyclic) bond motifs is 1. The monoisotopic (exact) mass is 293 g/mol. The zero-order valence-electron chi connectivity index (χ0n) is 12.8. The first-order chi connectivity index (χ1) is 10.2. The SMILES string of the molecule is O=C(CC1CCCCC1)NCC(=O)N1C[C@H]2CNC[C@H]2C1. The first-order valence-electron chi connectivity index (χ1n) is 8.47. The second-order valence-electron chi connectivity index (χ2n) is 6.96. The van der Waals surface area contributed by atoms with Crippen LogP contribution in [-0.2, 0) is 9.59 Å². The molecular formula is C16H27N3O2. The minimum absolute atomic E-state index is 0.0521. The lowest BCUT2D eigenvalue weighted by Gasteiger charge is -2.21. The second-order valence-corrected chi connectivity index (χ2v) is 6.96. The van der Waals surface area contributed by atoms with Gasteiger partial charge in [-0.1, -0.05) is 19.3 Å². The summed E-state index contributed by atoms with van der Waals surface area (Å²) in [5, 5.41) is 6.20. The summed E-state index contributed by atoms with van der Waals surface area (Å²) in [7, 11) is 0. The van der Waals surface area contributed by atoms with E-state index in [-0.39, 0.29) is 18.4 Å². The van der Waals surface area contributed by atoms with Crippen molar-refractivity contribution in [1.82, 2.24) is 15.5 Å². The lowest BCUT2D eigenvalue weighted by atomic mass is 9.87. The number of rotatable bonds is 4. The van der Waals surface area contributed by atoms with Gasteiger partial charge >= 0.3 is 0 Å². The molecule has 1 saturated carbocycles. The molecule has 2 N–H and O–H groups in total. The predicted molar refractivity (Wildman–Crippen MR) is 80.6 cm³/mol. The molecule has 2 amide bonds. The molecule has 2 atom stereocenters. The van der Waals surface area contributed by atoms with Gasteiger partial charge in [-0.3, -0.25) is 9.59 Å². The standard InChI is InChI=1S/C16H27N3O2/c20-15(6-12-4-2-1-3-5-12)18-9-16(21)19-10-13-7-17-8-14(13)11-19/h12-14,17H,1-11H2,(H,18,20)/t13-,14+. The maximum absolute atomic E-state index is 12.2. The van der Waals surface area contributed by atoms with Gasteiger partial charge in [-0.2, -0.15) is 0 Å². The second kappa shape index (κ2) is 6.77. The molecule has 3 rings (SSSR count). The van der Waals surface area contributed by atoms with E-state index < -0.39 is 0 Å². The molecular weight excluding hydrogens is 266 g/mol. The van der Waals surface area contributed by atoms with E-state index in [0.29, 0.717) is 24.2 Å². The number of hydrogen-bond donors (Lipinski definition) is 2. The molecule has 1 aliphatic carbocycles. The Balaban J connectivity index is 1.36. The average Bonchev–Trinajstić information content (AvgIpc) is 3.07. The highest BCUT2D eigenvalue weighted by molar-refractivity contribution is 5.85. The summed E-state index contributed by atoms with van der Waals surface area (Å²) in [5.41, 5.74) is 0. The first kappa shape index (κ1) is 14.8. The predicted octanol–water partition coefficient (Wildman–Crippen LogP) is 0.751. The normalized spacial score (nSPS) is 29.4. The van der Waals surface area contributed by atoms with Crippen LogP contribution in [0, 0.1) is 17.8 Å². The molecule has 2 aliphatic heterocycles. The molecule has 0 unspecified atom stereocenters. The molecule has 118 valence electrons. The minimum atomic E-state index is 0.0521. The Morgan fingerprint density at radius 1 is 1.05 bits per heavy atom. The van der Waals surface area contributed by atoms with Crippen molar-refractivity contribution in [3.8, 4) is 0 Å². The highest BCUT2D eigenvalue weighted by Crippen LogP contribution is 2.27. The number of amides is 2. The molecule has 0 radical (unpaired) electrons. The number of carbonyl (C=O) groups excluding carboxylic acids is 2. The van der Waals surface area contributed by atoms with Crippen LogP contribution in [0.4, 0.5) is 0 Å². The number of hydrogen-bond acceptors (Lipinski definition) is 3. The van der Waals surface area contributed by atoms with Crippen LogP contribution in [0.5, 0.6) is 0 Å². The van der Waals surface area contributed by atoms with E-state index in [1.54, 1.807) is 0 Å². The maximum atomic E-state index is 12.2. The zero-order chi connectivity index (χ0) is 14.7. The molecule has 2 saturated heterocycles. The summed E-state index contributed by atoms with van der Waals surface area (Å²) in [4.78, 5) is 26.0. The summed E-state index contributed by atoms with van der Waals surface area (Å²) in [6.07, 6.45) is 6.75. The van der Waals surface area contributed by atoms with Gasteiger partial charge in [-0.15, -0.1) is 0 Å². The number of nitrogens with one attached hydrogen (secondary N) is 2.